The highest BCUT2D eigenvalue weighted by atomic mass is 79.9. The van der Waals surface area contributed by atoms with Crippen LogP contribution in [0.2, 0.25) is 0 Å². The van der Waals surface area contributed by atoms with E-state index >= 15 is 0 Å². The molecule has 0 bridgehead atoms. The molecule has 0 aliphatic rings. The lowest BCUT2D eigenvalue weighted by atomic mass is 10.3. The minimum atomic E-state index is -0.730. The number of halogens is 1. The van der Waals surface area contributed by atoms with Crippen molar-refractivity contribution in [3.8, 4) is 5.00 Å². The lowest BCUT2D eigenvalue weighted by Crippen LogP contribution is -1.95. The molecule has 1 unspecified atom stereocenters. The molecule has 0 saturated carbocycles. The van der Waals surface area contributed by atoms with Gasteiger partial charge in [-0.2, -0.15) is 5.10 Å². The van der Waals surface area contributed by atoms with Crippen LogP contribution in [-0.2, 0) is 0 Å². The van der Waals surface area contributed by atoms with E-state index in [0.29, 0.717) is 9.88 Å². The van der Waals surface area contributed by atoms with E-state index in [2.05, 4.69) is 21.0 Å². The van der Waals surface area contributed by atoms with Gasteiger partial charge in [0.05, 0.1) is 21.7 Å². The summed E-state index contributed by atoms with van der Waals surface area (Å²) < 4.78 is 2.15. The molecule has 8 heteroatoms. The molecule has 2 aromatic rings. The van der Waals surface area contributed by atoms with Gasteiger partial charge in [-0.1, -0.05) is 0 Å². The maximum absolute atomic E-state index is 10.9. The monoisotopic (exact) mass is 317 g/mol. The Balaban J connectivity index is 2.55. The van der Waals surface area contributed by atoms with Crippen molar-refractivity contribution in [3.63, 3.8) is 0 Å². The number of aromatic nitrogens is 2. The van der Waals surface area contributed by atoms with Crippen molar-refractivity contribution < 1.29 is 10.0 Å². The van der Waals surface area contributed by atoms with Gasteiger partial charge in [0.25, 0.3) is 0 Å². The van der Waals surface area contributed by atoms with Crippen molar-refractivity contribution in [3.05, 3.63) is 37.9 Å². The van der Waals surface area contributed by atoms with Crippen molar-refractivity contribution in [2.75, 3.05) is 0 Å². The van der Waals surface area contributed by atoms with Crippen LogP contribution >= 0.6 is 27.3 Å². The molecule has 0 aliphatic carbocycles. The van der Waals surface area contributed by atoms with Crippen molar-refractivity contribution >= 4 is 33.0 Å². The molecule has 2 rings (SSSR count). The number of nitro groups is 1. The van der Waals surface area contributed by atoms with E-state index in [4.69, 9.17) is 0 Å². The molecule has 2 aromatic heterocycles. The van der Waals surface area contributed by atoms with Crippen LogP contribution in [0.25, 0.3) is 5.00 Å². The quantitative estimate of drug-likeness (QED) is 0.697. The third-order valence-corrected chi connectivity index (χ3v) is 3.77. The van der Waals surface area contributed by atoms with Crippen molar-refractivity contribution in [1.82, 2.24) is 9.78 Å². The van der Waals surface area contributed by atoms with Crippen molar-refractivity contribution in [2.24, 2.45) is 0 Å². The third-order valence-electron chi connectivity index (χ3n) is 2.08. The SMILES string of the molecule is CC(O)c1cc([N+](=O)[O-])c(-n2cc(Br)cn2)s1. The van der Waals surface area contributed by atoms with Crippen LogP contribution in [0.15, 0.2) is 22.9 Å². The molecule has 6 nitrogen and oxygen atoms in total. The van der Waals surface area contributed by atoms with Gasteiger partial charge in [0.1, 0.15) is 0 Å². The minimum Gasteiger partial charge on any atom is -0.388 e. The van der Waals surface area contributed by atoms with Gasteiger partial charge in [0.15, 0.2) is 5.00 Å². The number of aliphatic hydroxyl groups is 1. The highest BCUT2D eigenvalue weighted by Gasteiger charge is 2.22. The van der Waals surface area contributed by atoms with E-state index < -0.39 is 11.0 Å². The summed E-state index contributed by atoms with van der Waals surface area (Å²) in [5, 5.41) is 24.7. The summed E-state index contributed by atoms with van der Waals surface area (Å²) in [4.78, 5) is 11.0. The van der Waals surface area contributed by atoms with Crippen molar-refractivity contribution in [2.45, 2.75) is 13.0 Å². The van der Waals surface area contributed by atoms with Gasteiger partial charge in [0, 0.05) is 17.1 Å². The third kappa shape index (κ3) is 2.38. The standard InChI is InChI=1S/C9H8BrN3O3S/c1-5(14)8-2-7(13(15)16)9(17-8)12-4-6(10)3-11-12/h2-5,14H,1H3. The first kappa shape index (κ1) is 12.2. The van der Waals surface area contributed by atoms with Gasteiger partial charge in [0.2, 0.25) is 0 Å². The largest absolute Gasteiger partial charge is 0.388 e. The molecule has 17 heavy (non-hydrogen) atoms. The normalized spacial score (nSPS) is 12.6. The molecule has 90 valence electrons. The predicted molar refractivity (Wildman–Crippen MR) is 66.4 cm³/mol. The molecule has 0 radical (unpaired) electrons. The first-order valence-corrected chi connectivity index (χ1v) is 6.26. The van der Waals surface area contributed by atoms with Crippen LogP contribution in [0, 0.1) is 10.1 Å². The Morgan fingerprint density at radius 2 is 2.41 bits per heavy atom. The lowest BCUT2D eigenvalue weighted by Gasteiger charge is -1.97. The van der Waals surface area contributed by atoms with Gasteiger partial charge in [-0.25, -0.2) is 4.68 Å². The Bertz CT molecular complexity index is 564. The summed E-state index contributed by atoms with van der Waals surface area (Å²) in [7, 11) is 0. The van der Waals surface area contributed by atoms with E-state index in [0.717, 1.165) is 15.8 Å². The second kappa shape index (κ2) is 4.55. The zero-order valence-corrected chi connectivity index (χ0v) is 11.1. The number of aliphatic hydroxyl groups excluding tert-OH is 1. The van der Waals surface area contributed by atoms with Crippen LogP contribution in [0.5, 0.6) is 0 Å². The molecule has 0 amide bonds. The molecular weight excluding hydrogens is 310 g/mol. The summed E-state index contributed by atoms with van der Waals surface area (Å²) in [6.45, 7) is 1.57. The van der Waals surface area contributed by atoms with Crippen molar-refractivity contribution in [1.29, 1.82) is 0 Å². The molecule has 1 N–H and O–H groups in total. The van der Waals surface area contributed by atoms with Crippen LogP contribution in [0.1, 0.15) is 17.9 Å². The summed E-state index contributed by atoms with van der Waals surface area (Å²) in [5.41, 5.74) is -0.0542. The molecular formula is C9H8BrN3O3S. The molecule has 0 fully saturated rings. The van der Waals surface area contributed by atoms with E-state index in [9.17, 15) is 15.2 Å². The van der Waals surface area contributed by atoms with Crippen LogP contribution in [-0.4, -0.2) is 19.8 Å². The molecule has 1 atom stereocenters. The van der Waals surface area contributed by atoms with Crippen LogP contribution in [0.3, 0.4) is 0 Å². The highest BCUT2D eigenvalue weighted by molar-refractivity contribution is 9.10. The van der Waals surface area contributed by atoms with Gasteiger partial charge in [-0.3, -0.25) is 10.1 Å². The number of nitrogens with zero attached hydrogens (tertiary/aromatic N) is 3. The summed E-state index contributed by atoms with van der Waals surface area (Å²) >= 11 is 4.38. The second-order valence-corrected chi connectivity index (χ2v) is 5.35. The zero-order chi connectivity index (χ0) is 12.6. The summed E-state index contributed by atoms with van der Waals surface area (Å²) in [6.07, 6.45) is 2.45. The number of rotatable bonds is 3. The average molecular weight is 318 g/mol. The summed E-state index contributed by atoms with van der Waals surface area (Å²) in [6, 6.07) is 1.38. The molecule has 2 heterocycles. The van der Waals surface area contributed by atoms with E-state index in [1.54, 1.807) is 19.3 Å². The van der Waals surface area contributed by atoms with Crippen LogP contribution in [0.4, 0.5) is 5.69 Å². The average Bonchev–Trinajstić information content (AvgIpc) is 2.82. The summed E-state index contributed by atoms with van der Waals surface area (Å²) in [5.74, 6) is 0. The Kier molecular flexibility index (Phi) is 3.27. The molecule has 0 spiro atoms. The fraction of sp³-hybridized carbons (Fsp3) is 0.222. The Hall–Kier alpha value is -1.25. The number of hydrogen-bond donors (Lipinski definition) is 1. The minimum absolute atomic E-state index is 0.0542. The number of hydrogen-bond acceptors (Lipinski definition) is 5. The Morgan fingerprint density at radius 1 is 1.71 bits per heavy atom. The van der Waals surface area contributed by atoms with E-state index in [-0.39, 0.29) is 5.69 Å². The fourth-order valence-electron chi connectivity index (χ4n) is 1.30. The van der Waals surface area contributed by atoms with E-state index in [1.807, 2.05) is 0 Å². The first-order valence-electron chi connectivity index (χ1n) is 4.65. The molecule has 0 aliphatic heterocycles. The van der Waals surface area contributed by atoms with Gasteiger partial charge in [-0.15, -0.1) is 11.3 Å². The molecule has 0 aromatic carbocycles. The van der Waals surface area contributed by atoms with Gasteiger partial charge < -0.3 is 5.11 Å². The van der Waals surface area contributed by atoms with Crippen LogP contribution < -0.4 is 0 Å². The molecule has 0 saturated heterocycles. The predicted octanol–water partition coefficient (Wildman–Crippen LogP) is 2.66. The lowest BCUT2D eigenvalue weighted by molar-refractivity contribution is -0.384. The maximum atomic E-state index is 10.9. The van der Waals surface area contributed by atoms with E-state index in [1.165, 1.54) is 10.7 Å². The highest BCUT2D eigenvalue weighted by Crippen LogP contribution is 2.35. The Labute approximate surface area is 109 Å². The van der Waals surface area contributed by atoms with Gasteiger partial charge >= 0.3 is 5.69 Å². The smallest absolute Gasteiger partial charge is 0.306 e. The second-order valence-electron chi connectivity index (χ2n) is 3.38. The number of thiophene rings is 1. The topological polar surface area (TPSA) is 81.2 Å². The fourth-order valence-corrected chi connectivity index (χ4v) is 2.58. The van der Waals surface area contributed by atoms with Gasteiger partial charge in [-0.05, 0) is 22.9 Å². The first-order chi connectivity index (χ1) is 7.99. The Morgan fingerprint density at radius 3 is 2.88 bits per heavy atom. The zero-order valence-electron chi connectivity index (χ0n) is 8.70. The maximum Gasteiger partial charge on any atom is 0.306 e.